The first-order chi connectivity index (χ1) is 17.6. The lowest BCUT2D eigenvalue weighted by Gasteiger charge is -2.34. The predicted molar refractivity (Wildman–Crippen MR) is 143 cm³/mol. The highest BCUT2D eigenvalue weighted by molar-refractivity contribution is 7.92. The van der Waals surface area contributed by atoms with Crippen LogP contribution in [0.15, 0.2) is 59.0 Å². The fourth-order valence-electron chi connectivity index (χ4n) is 6.76. The van der Waals surface area contributed by atoms with Crippen molar-refractivity contribution in [3.63, 3.8) is 0 Å². The molecule has 0 heterocycles. The van der Waals surface area contributed by atoms with Crippen molar-refractivity contribution < 1.29 is 28.2 Å². The Bertz CT molecular complexity index is 1080. The number of sulfone groups is 1. The van der Waals surface area contributed by atoms with Crippen LogP contribution in [-0.4, -0.2) is 48.7 Å². The molecule has 0 spiro atoms. The second-order valence-corrected chi connectivity index (χ2v) is 13.5. The Morgan fingerprint density at radius 2 is 1.89 bits per heavy atom. The Labute approximate surface area is 221 Å². The van der Waals surface area contributed by atoms with Gasteiger partial charge in [-0.15, -0.1) is 0 Å². The van der Waals surface area contributed by atoms with Crippen molar-refractivity contribution >= 4 is 15.8 Å². The summed E-state index contributed by atoms with van der Waals surface area (Å²) in [6.45, 7) is 1.88. The maximum Gasteiger partial charge on any atom is 0.305 e. The van der Waals surface area contributed by atoms with E-state index in [0.717, 1.165) is 31.3 Å². The van der Waals surface area contributed by atoms with Gasteiger partial charge in [0.1, 0.15) is 0 Å². The molecule has 2 saturated carbocycles. The second kappa shape index (κ2) is 11.8. The molecule has 0 radical (unpaired) electrons. The number of esters is 1. The lowest BCUT2D eigenvalue weighted by atomic mass is 9.77. The summed E-state index contributed by atoms with van der Waals surface area (Å²) in [5.41, 5.74) is -0.0202. The zero-order valence-electron chi connectivity index (χ0n) is 22.1. The number of benzene rings is 1. The van der Waals surface area contributed by atoms with Crippen molar-refractivity contribution in [1.29, 1.82) is 0 Å². The third kappa shape index (κ3) is 6.37. The van der Waals surface area contributed by atoms with Crippen LogP contribution in [0.25, 0.3) is 0 Å². The van der Waals surface area contributed by atoms with Crippen molar-refractivity contribution in [1.82, 2.24) is 0 Å². The van der Waals surface area contributed by atoms with Crippen LogP contribution in [-0.2, 0) is 19.4 Å². The molecule has 0 saturated heterocycles. The molecule has 37 heavy (non-hydrogen) atoms. The fraction of sp³-hybridized carbons (Fsp3) is 0.633. The molecule has 0 aliphatic heterocycles. The van der Waals surface area contributed by atoms with Gasteiger partial charge >= 0.3 is 5.97 Å². The molecule has 1 aromatic rings. The molecule has 0 bridgehead atoms. The van der Waals surface area contributed by atoms with E-state index in [-0.39, 0.29) is 41.0 Å². The van der Waals surface area contributed by atoms with Gasteiger partial charge in [0, 0.05) is 12.3 Å². The minimum Gasteiger partial charge on any atom is -0.469 e. The van der Waals surface area contributed by atoms with E-state index >= 15 is 0 Å². The minimum absolute atomic E-state index is 0.105. The smallest absolute Gasteiger partial charge is 0.305 e. The Morgan fingerprint density at radius 1 is 1.19 bits per heavy atom. The van der Waals surface area contributed by atoms with E-state index in [0.29, 0.717) is 25.7 Å². The van der Waals surface area contributed by atoms with Gasteiger partial charge in [0.25, 0.3) is 0 Å². The summed E-state index contributed by atoms with van der Waals surface area (Å²) in [5.74, 6) is -0.0133. The quantitative estimate of drug-likeness (QED) is 0.326. The number of aliphatic hydroxyl groups is 2. The predicted octanol–water partition coefficient (Wildman–Crippen LogP) is 5.00. The van der Waals surface area contributed by atoms with Crippen molar-refractivity contribution in [2.45, 2.75) is 93.0 Å². The SMILES string of the molecule is COC(=O)CCCC(C1=C[C@H]2C[C@@H](O)[C@@H](/C=C/[C@@](C)(O)C3CCCCC3)[C@H]2C1)S(=O)(=O)c1ccccc1. The average Bonchev–Trinajstić information content (AvgIpc) is 3.42. The topological polar surface area (TPSA) is 101 Å². The van der Waals surface area contributed by atoms with Crippen LogP contribution in [0.3, 0.4) is 0 Å². The van der Waals surface area contributed by atoms with E-state index in [1.165, 1.54) is 13.5 Å². The van der Waals surface area contributed by atoms with Gasteiger partial charge in [-0.2, -0.15) is 0 Å². The Hall–Kier alpha value is -1.96. The number of carbonyl (C=O) groups excluding carboxylic acids is 1. The molecule has 6 nitrogen and oxygen atoms in total. The Balaban J connectivity index is 1.52. The van der Waals surface area contributed by atoms with Gasteiger partial charge in [-0.05, 0) is 75.3 Å². The first-order valence-corrected chi connectivity index (χ1v) is 15.3. The number of carbonyl (C=O) groups is 1. The number of hydrogen-bond acceptors (Lipinski definition) is 6. The number of methoxy groups -OCH3 is 1. The molecule has 7 heteroatoms. The second-order valence-electron chi connectivity index (χ2n) is 11.4. The highest BCUT2D eigenvalue weighted by Gasteiger charge is 2.46. The minimum atomic E-state index is -3.64. The normalized spacial score (nSPS) is 29.0. The molecule has 3 aliphatic rings. The lowest BCUT2D eigenvalue weighted by Crippen LogP contribution is -2.34. The summed E-state index contributed by atoms with van der Waals surface area (Å²) in [4.78, 5) is 12.0. The van der Waals surface area contributed by atoms with Crippen LogP contribution < -0.4 is 0 Å². The summed E-state index contributed by atoms with van der Waals surface area (Å²) in [6.07, 6.45) is 13.2. The summed E-state index contributed by atoms with van der Waals surface area (Å²) in [7, 11) is -2.30. The highest BCUT2D eigenvalue weighted by Crippen LogP contribution is 2.50. The summed E-state index contributed by atoms with van der Waals surface area (Å²) in [5, 5.41) is 21.3. The zero-order valence-corrected chi connectivity index (χ0v) is 22.9. The number of allylic oxidation sites excluding steroid dienone is 1. The van der Waals surface area contributed by atoms with E-state index in [2.05, 4.69) is 6.08 Å². The van der Waals surface area contributed by atoms with Gasteiger partial charge in [0.15, 0.2) is 9.84 Å². The standard InChI is InChI=1S/C30H42O6S/c1-30(33,23-10-5-3-6-11-23)17-16-25-26-19-22(18-21(26)20-27(25)31)28(14-9-15-29(32)36-2)37(34,35)24-12-7-4-8-13-24/h4,7-8,12-13,16-18,21,23,25-28,31,33H,3,5-6,9-11,14-15,19-20H2,1-2H3/b17-16+/t21-,25-,26-,27+,28?,30+/m0/s1. The van der Waals surface area contributed by atoms with Crippen LogP contribution in [0.1, 0.15) is 71.1 Å². The van der Waals surface area contributed by atoms with E-state index < -0.39 is 26.8 Å². The number of aliphatic hydroxyl groups excluding tert-OH is 1. The van der Waals surface area contributed by atoms with Crippen molar-refractivity contribution in [3.8, 4) is 0 Å². The molecule has 0 amide bonds. The number of hydrogen-bond donors (Lipinski definition) is 2. The van der Waals surface area contributed by atoms with Crippen molar-refractivity contribution in [2.75, 3.05) is 7.11 Å². The van der Waals surface area contributed by atoms with Crippen LogP contribution in [0.5, 0.6) is 0 Å². The third-order valence-corrected chi connectivity index (χ3v) is 11.1. The number of ether oxygens (including phenoxy) is 1. The summed E-state index contributed by atoms with van der Waals surface area (Å²) >= 11 is 0. The summed E-state index contributed by atoms with van der Waals surface area (Å²) < 4.78 is 32.2. The van der Waals surface area contributed by atoms with Gasteiger partial charge in [0.05, 0.1) is 29.0 Å². The third-order valence-electron chi connectivity index (χ3n) is 8.92. The van der Waals surface area contributed by atoms with E-state index in [4.69, 9.17) is 4.74 Å². The lowest BCUT2D eigenvalue weighted by molar-refractivity contribution is -0.140. The first-order valence-electron chi connectivity index (χ1n) is 13.8. The van der Waals surface area contributed by atoms with Crippen LogP contribution in [0.4, 0.5) is 0 Å². The molecule has 1 unspecified atom stereocenters. The maximum absolute atomic E-state index is 13.7. The van der Waals surface area contributed by atoms with E-state index in [1.54, 1.807) is 30.3 Å². The van der Waals surface area contributed by atoms with Crippen LogP contribution in [0, 0.1) is 23.7 Å². The monoisotopic (exact) mass is 530 g/mol. The summed E-state index contributed by atoms with van der Waals surface area (Å²) in [6, 6.07) is 8.51. The van der Waals surface area contributed by atoms with E-state index in [1.807, 2.05) is 19.1 Å². The van der Waals surface area contributed by atoms with Gasteiger partial charge in [0.2, 0.25) is 0 Å². The number of fused-ring (bicyclic) bond motifs is 1. The molecule has 2 fully saturated rings. The molecule has 204 valence electrons. The molecule has 4 rings (SSSR count). The van der Waals surface area contributed by atoms with Crippen LogP contribution in [0.2, 0.25) is 0 Å². The van der Waals surface area contributed by atoms with Gasteiger partial charge < -0.3 is 14.9 Å². The molecule has 1 aromatic carbocycles. The van der Waals surface area contributed by atoms with Gasteiger partial charge in [-0.3, -0.25) is 4.79 Å². The van der Waals surface area contributed by atoms with E-state index in [9.17, 15) is 23.4 Å². The molecular formula is C30H42O6S. The molecular weight excluding hydrogens is 488 g/mol. The molecule has 2 N–H and O–H groups in total. The van der Waals surface area contributed by atoms with Crippen molar-refractivity contribution in [3.05, 3.63) is 54.1 Å². The highest BCUT2D eigenvalue weighted by atomic mass is 32.2. The Kier molecular flexibility index (Phi) is 8.97. The average molecular weight is 531 g/mol. The van der Waals surface area contributed by atoms with Crippen molar-refractivity contribution in [2.24, 2.45) is 23.7 Å². The van der Waals surface area contributed by atoms with Gasteiger partial charge in [-0.1, -0.05) is 61.3 Å². The number of rotatable bonds is 10. The van der Waals surface area contributed by atoms with Crippen LogP contribution >= 0.6 is 0 Å². The van der Waals surface area contributed by atoms with Gasteiger partial charge in [-0.25, -0.2) is 8.42 Å². The Morgan fingerprint density at radius 3 is 2.57 bits per heavy atom. The largest absolute Gasteiger partial charge is 0.469 e. The molecule has 0 aromatic heterocycles. The fourth-order valence-corrected chi connectivity index (χ4v) is 8.68. The first kappa shape index (κ1) is 28.1. The zero-order chi connectivity index (χ0) is 26.6. The molecule has 3 aliphatic carbocycles. The maximum atomic E-state index is 13.7. The molecule has 6 atom stereocenters.